The Morgan fingerprint density at radius 1 is 1.59 bits per heavy atom. The summed E-state index contributed by atoms with van der Waals surface area (Å²) in [4.78, 5) is 17.2. The number of carboxylic acid groups (broad SMARTS) is 1. The third-order valence-electron chi connectivity index (χ3n) is 2.68. The van der Waals surface area contributed by atoms with Gasteiger partial charge in [0.2, 0.25) is 0 Å². The zero-order valence-electron chi connectivity index (χ0n) is 10.0. The van der Waals surface area contributed by atoms with E-state index < -0.39 is 5.97 Å². The van der Waals surface area contributed by atoms with Crippen LogP contribution in [0, 0.1) is 6.92 Å². The van der Waals surface area contributed by atoms with E-state index in [0.717, 1.165) is 18.1 Å². The van der Waals surface area contributed by atoms with Crippen LogP contribution in [0.5, 0.6) is 0 Å². The predicted molar refractivity (Wildman–Crippen MR) is 63.6 cm³/mol. The van der Waals surface area contributed by atoms with Crippen molar-refractivity contribution in [1.82, 2.24) is 14.6 Å². The number of nitrogens with zero attached hydrogens (tertiary/aromatic N) is 4. The number of carbonyl (C=O) groups is 1. The zero-order valence-corrected chi connectivity index (χ0v) is 10.0. The van der Waals surface area contributed by atoms with Gasteiger partial charge in [-0.2, -0.15) is 9.61 Å². The van der Waals surface area contributed by atoms with E-state index in [-0.39, 0.29) is 5.56 Å². The molecule has 0 aliphatic rings. The van der Waals surface area contributed by atoms with Gasteiger partial charge in [-0.1, -0.05) is 0 Å². The molecule has 6 nitrogen and oxygen atoms in total. The molecular weight excluding hydrogens is 220 g/mol. The molecule has 2 aromatic rings. The predicted octanol–water partition coefficient (Wildman–Crippen LogP) is 1.19. The number of hydrogen-bond acceptors (Lipinski definition) is 4. The molecule has 0 fully saturated rings. The summed E-state index contributed by atoms with van der Waals surface area (Å²) in [6.45, 7) is 4.66. The smallest absolute Gasteiger partial charge is 0.341 e. The number of anilines is 1. The maximum absolute atomic E-state index is 11.0. The van der Waals surface area contributed by atoms with Gasteiger partial charge < -0.3 is 10.0 Å². The van der Waals surface area contributed by atoms with Crippen molar-refractivity contribution in [3.05, 3.63) is 23.5 Å². The van der Waals surface area contributed by atoms with Crippen molar-refractivity contribution in [3.63, 3.8) is 0 Å². The molecule has 0 amide bonds. The summed E-state index contributed by atoms with van der Waals surface area (Å²) in [6.07, 6.45) is 1.33. The second-order valence-electron chi connectivity index (χ2n) is 3.87. The molecule has 0 saturated heterocycles. The van der Waals surface area contributed by atoms with Gasteiger partial charge in [0, 0.05) is 25.4 Å². The van der Waals surface area contributed by atoms with Crippen LogP contribution in [0.15, 0.2) is 12.3 Å². The van der Waals surface area contributed by atoms with Crippen LogP contribution in [0.3, 0.4) is 0 Å². The number of aromatic nitrogens is 3. The molecule has 0 aliphatic heterocycles. The summed E-state index contributed by atoms with van der Waals surface area (Å²) in [7, 11) is 1.93. The molecule has 0 unspecified atom stereocenters. The highest BCUT2D eigenvalue weighted by atomic mass is 16.4. The van der Waals surface area contributed by atoms with Crippen molar-refractivity contribution in [2.45, 2.75) is 13.8 Å². The van der Waals surface area contributed by atoms with Crippen molar-refractivity contribution >= 4 is 17.4 Å². The highest BCUT2D eigenvalue weighted by Gasteiger charge is 2.16. The molecule has 90 valence electrons. The highest BCUT2D eigenvalue weighted by Crippen LogP contribution is 2.18. The number of aryl methyl sites for hydroxylation is 1. The Balaban J connectivity index is 2.74. The van der Waals surface area contributed by atoms with Gasteiger partial charge in [0.05, 0.1) is 6.20 Å². The highest BCUT2D eigenvalue weighted by molar-refractivity contribution is 5.94. The van der Waals surface area contributed by atoms with Gasteiger partial charge in [0.25, 0.3) is 0 Å². The number of fused-ring (bicyclic) bond motifs is 1. The van der Waals surface area contributed by atoms with Crippen molar-refractivity contribution < 1.29 is 9.90 Å². The number of hydrogen-bond donors (Lipinski definition) is 1. The fourth-order valence-electron chi connectivity index (χ4n) is 1.65. The van der Waals surface area contributed by atoms with E-state index in [2.05, 4.69) is 10.1 Å². The standard InChI is InChI=1S/C11H14N4O2/c1-4-14(3)9-5-7(2)13-10-8(11(16)17)6-12-15(9)10/h5-6H,4H2,1-3H3,(H,16,17). The minimum atomic E-state index is -1.01. The fraction of sp³-hybridized carbons (Fsp3) is 0.364. The molecule has 2 rings (SSSR count). The van der Waals surface area contributed by atoms with E-state index in [9.17, 15) is 4.79 Å². The van der Waals surface area contributed by atoms with Gasteiger partial charge in [-0.25, -0.2) is 9.78 Å². The minimum Gasteiger partial charge on any atom is -0.477 e. The van der Waals surface area contributed by atoms with Crippen molar-refractivity contribution in [3.8, 4) is 0 Å². The molecular formula is C11H14N4O2. The van der Waals surface area contributed by atoms with Crippen LogP contribution in [0.2, 0.25) is 0 Å². The molecule has 17 heavy (non-hydrogen) atoms. The number of rotatable bonds is 3. The first kappa shape index (κ1) is 11.4. The van der Waals surface area contributed by atoms with Crippen LogP contribution in [0.1, 0.15) is 23.0 Å². The van der Waals surface area contributed by atoms with Crippen molar-refractivity contribution in [2.24, 2.45) is 0 Å². The SMILES string of the molecule is CCN(C)c1cc(C)nc2c(C(=O)O)cnn12. The Kier molecular flexibility index (Phi) is 2.71. The van der Waals surface area contributed by atoms with Crippen LogP contribution >= 0.6 is 0 Å². The number of aromatic carboxylic acids is 1. The van der Waals surface area contributed by atoms with E-state index in [1.807, 2.05) is 31.9 Å². The van der Waals surface area contributed by atoms with Gasteiger partial charge in [-0.15, -0.1) is 0 Å². The van der Waals surface area contributed by atoms with E-state index in [0.29, 0.717) is 5.65 Å². The molecule has 1 N–H and O–H groups in total. The monoisotopic (exact) mass is 234 g/mol. The van der Waals surface area contributed by atoms with E-state index in [1.165, 1.54) is 6.20 Å². The van der Waals surface area contributed by atoms with Gasteiger partial charge in [-0.05, 0) is 13.8 Å². The van der Waals surface area contributed by atoms with Gasteiger partial charge in [0.15, 0.2) is 5.65 Å². The minimum absolute atomic E-state index is 0.124. The Morgan fingerprint density at radius 3 is 2.88 bits per heavy atom. The quantitative estimate of drug-likeness (QED) is 0.863. The lowest BCUT2D eigenvalue weighted by molar-refractivity contribution is 0.0699. The summed E-state index contributed by atoms with van der Waals surface area (Å²) in [5.41, 5.74) is 1.28. The first-order chi connectivity index (χ1) is 8.04. The van der Waals surface area contributed by atoms with Crippen LogP contribution in [-0.4, -0.2) is 39.3 Å². The second kappa shape index (κ2) is 4.04. The van der Waals surface area contributed by atoms with Crippen LogP contribution < -0.4 is 4.90 Å². The Labute approximate surface area is 98.5 Å². The summed E-state index contributed by atoms with van der Waals surface area (Å²) in [5.74, 6) is -0.175. The van der Waals surface area contributed by atoms with E-state index in [1.54, 1.807) is 4.52 Å². The van der Waals surface area contributed by atoms with Gasteiger partial charge >= 0.3 is 5.97 Å². The average Bonchev–Trinajstić information content (AvgIpc) is 2.70. The zero-order chi connectivity index (χ0) is 12.6. The number of carboxylic acids is 1. The maximum Gasteiger partial charge on any atom is 0.341 e. The summed E-state index contributed by atoms with van der Waals surface area (Å²) in [5, 5.41) is 13.1. The van der Waals surface area contributed by atoms with Gasteiger partial charge in [-0.3, -0.25) is 0 Å². The van der Waals surface area contributed by atoms with E-state index >= 15 is 0 Å². The third-order valence-corrected chi connectivity index (χ3v) is 2.68. The Hall–Kier alpha value is -2.11. The molecule has 6 heteroatoms. The summed E-state index contributed by atoms with van der Waals surface area (Å²) < 4.78 is 1.56. The average molecular weight is 234 g/mol. The molecule has 2 aromatic heterocycles. The Morgan fingerprint density at radius 2 is 2.29 bits per heavy atom. The Bertz CT molecular complexity index is 576. The molecule has 0 aliphatic carbocycles. The lowest BCUT2D eigenvalue weighted by Crippen LogP contribution is -2.20. The lowest BCUT2D eigenvalue weighted by atomic mass is 10.3. The second-order valence-corrected chi connectivity index (χ2v) is 3.87. The van der Waals surface area contributed by atoms with Crippen LogP contribution in [0.4, 0.5) is 5.82 Å². The van der Waals surface area contributed by atoms with Gasteiger partial charge in [0.1, 0.15) is 11.4 Å². The largest absolute Gasteiger partial charge is 0.477 e. The third kappa shape index (κ3) is 1.82. The fourth-order valence-corrected chi connectivity index (χ4v) is 1.65. The van der Waals surface area contributed by atoms with Crippen LogP contribution in [0.25, 0.3) is 5.65 Å². The molecule has 0 saturated carbocycles. The van der Waals surface area contributed by atoms with E-state index in [4.69, 9.17) is 5.11 Å². The molecule has 0 bridgehead atoms. The molecule has 0 radical (unpaired) electrons. The summed E-state index contributed by atoms with van der Waals surface area (Å²) in [6, 6.07) is 1.88. The van der Waals surface area contributed by atoms with Crippen molar-refractivity contribution in [1.29, 1.82) is 0 Å². The molecule has 0 aromatic carbocycles. The molecule has 0 atom stereocenters. The van der Waals surface area contributed by atoms with Crippen LogP contribution in [-0.2, 0) is 0 Å². The first-order valence-corrected chi connectivity index (χ1v) is 5.34. The topological polar surface area (TPSA) is 70.7 Å². The molecule has 2 heterocycles. The summed E-state index contributed by atoms with van der Waals surface area (Å²) >= 11 is 0. The maximum atomic E-state index is 11.0. The normalized spacial score (nSPS) is 10.8. The molecule has 0 spiro atoms. The first-order valence-electron chi connectivity index (χ1n) is 5.34. The van der Waals surface area contributed by atoms with Crippen molar-refractivity contribution in [2.75, 3.05) is 18.5 Å². The lowest BCUT2D eigenvalue weighted by Gasteiger charge is -2.18.